The summed E-state index contributed by atoms with van der Waals surface area (Å²) in [7, 11) is 0. The molecule has 0 saturated heterocycles. The lowest BCUT2D eigenvalue weighted by Crippen LogP contribution is -2.32. The number of amides is 2. The van der Waals surface area contributed by atoms with Gasteiger partial charge >= 0.3 is 0 Å². The molecule has 0 saturated carbocycles. The zero-order chi connectivity index (χ0) is 19.4. The van der Waals surface area contributed by atoms with E-state index >= 15 is 0 Å². The highest BCUT2D eigenvalue weighted by Crippen LogP contribution is 2.24. The van der Waals surface area contributed by atoms with Gasteiger partial charge in [0.1, 0.15) is 0 Å². The first-order chi connectivity index (χ1) is 12.2. The Morgan fingerprint density at radius 3 is 2.38 bits per heavy atom. The van der Waals surface area contributed by atoms with Gasteiger partial charge in [0.05, 0.1) is 5.69 Å². The number of hydrogen-bond acceptors (Lipinski definition) is 2. The average molecular weight is 364 g/mol. The van der Waals surface area contributed by atoms with E-state index in [0.29, 0.717) is 5.69 Å². The number of halogens is 3. The predicted octanol–water partition coefficient (Wildman–Crippen LogP) is 4.10. The van der Waals surface area contributed by atoms with Gasteiger partial charge < -0.3 is 10.2 Å². The van der Waals surface area contributed by atoms with Crippen molar-refractivity contribution in [3.63, 3.8) is 0 Å². The molecule has 0 aliphatic heterocycles. The molecule has 0 heterocycles. The highest BCUT2D eigenvalue weighted by Gasteiger charge is 2.18. The van der Waals surface area contributed by atoms with Crippen molar-refractivity contribution in [3.8, 4) is 0 Å². The van der Waals surface area contributed by atoms with Crippen molar-refractivity contribution in [1.82, 2.24) is 0 Å². The molecule has 0 aliphatic carbocycles. The molecule has 2 amide bonds. The van der Waals surface area contributed by atoms with E-state index in [9.17, 15) is 22.8 Å². The molecule has 2 rings (SSSR count). The summed E-state index contributed by atoms with van der Waals surface area (Å²) in [6.07, 6.45) is -0.134. The minimum absolute atomic E-state index is 0.0662. The quantitative estimate of drug-likeness (QED) is 0.812. The van der Waals surface area contributed by atoms with E-state index in [4.69, 9.17) is 0 Å². The number of aryl methyl sites for hydroxylation is 1. The molecule has 0 bridgehead atoms. The number of nitrogens with zero attached hydrogens (tertiary/aromatic N) is 1. The maximum Gasteiger partial charge on any atom is 0.226 e. The lowest BCUT2D eigenvalue weighted by molar-refractivity contribution is -0.117. The third-order valence-corrected chi connectivity index (χ3v) is 4.12. The second-order valence-electron chi connectivity index (χ2n) is 5.91. The summed E-state index contributed by atoms with van der Waals surface area (Å²) < 4.78 is 39.8. The largest absolute Gasteiger partial charge is 0.323 e. The van der Waals surface area contributed by atoms with E-state index in [1.807, 2.05) is 26.0 Å². The number of nitrogens with one attached hydrogen (secondary N) is 1. The SMILES string of the molecule is CC(=O)N(CCC(=O)Nc1ccc(F)c(F)c1F)c1cccc(C)c1C. The van der Waals surface area contributed by atoms with Crippen LogP contribution in [0.25, 0.3) is 0 Å². The predicted molar refractivity (Wildman–Crippen MR) is 93.5 cm³/mol. The number of hydrogen-bond donors (Lipinski definition) is 1. The molecule has 7 heteroatoms. The maximum absolute atomic E-state index is 13.6. The Hall–Kier alpha value is -2.83. The van der Waals surface area contributed by atoms with Gasteiger partial charge in [-0.25, -0.2) is 13.2 Å². The molecular weight excluding hydrogens is 345 g/mol. The first-order valence-corrected chi connectivity index (χ1v) is 8.00. The van der Waals surface area contributed by atoms with Crippen LogP contribution < -0.4 is 10.2 Å². The Morgan fingerprint density at radius 2 is 1.73 bits per heavy atom. The van der Waals surface area contributed by atoms with Crippen molar-refractivity contribution in [2.24, 2.45) is 0 Å². The van der Waals surface area contributed by atoms with Gasteiger partial charge in [0.2, 0.25) is 11.8 Å². The van der Waals surface area contributed by atoms with E-state index in [0.717, 1.165) is 23.3 Å². The van der Waals surface area contributed by atoms with Gasteiger partial charge in [0, 0.05) is 25.6 Å². The maximum atomic E-state index is 13.6. The monoisotopic (exact) mass is 364 g/mol. The van der Waals surface area contributed by atoms with E-state index in [2.05, 4.69) is 5.32 Å². The van der Waals surface area contributed by atoms with Gasteiger partial charge in [-0.1, -0.05) is 12.1 Å². The minimum atomic E-state index is -1.65. The molecule has 26 heavy (non-hydrogen) atoms. The summed E-state index contributed by atoms with van der Waals surface area (Å²) in [6, 6.07) is 7.17. The van der Waals surface area contributed by atoms with E-state index in [-0.39, 0.29) is 18.9 Å². The summed E-state index contributed by atoms with van der Waals surface area (Å²) >= 11 is 0. The van der Waals surface area contributed by atoms with Gasteiger partial charge in [0.25, 0.3) is 0 Å². The minimum Gasteiger partial charge on any atom is -0.323 e. The van der Waals surface area contributed by atoms with Crippen LogP contribution in [-0.4, -0.2) is 18.4 Å². The van der Waals surface area contributed by atoms with Gasteiger partial charge in [-0.05, 0) is 43.2 Å². The number of rotatable bonds is 5. The average Bonchev–Trinajstić information content (AvgIpc) is 2.59. The van der Waals surface area contributed by atoms with E-state index in [1.165, 1.54) is 11.8 Å². The van der Waals surface area contributed by atoms with Crippen molar-refractivity contribution in [1.29, 1.82) is 0 Å². The second kappa shape index (κ2) is 8.03. The molecule has 138 valence electrons. The summed E-state index contributed by atoms with van der Waals surface area (Å²) in [5.41, 5.74) is 2.15. The van der Waals surface area contributed by atoms with E-state index in [1.54, 1.807) is 6.07 Å². The van der Waals surface area contributed by atoms with Gasteiger partial charge in [0.15, 0.2) is 17.5 Å². The highest BCUT2D eigenvalue weighted by atomic mass is 19.2. The Labute approximate surface area is 149 Å². The number of carbonyl (C=O) groups is 2. The lowest BCUT2D eigenvalue weighted by Gasteiger charge is -2.23. The number of anilines is 2. The third-order valence-electron chi connectivity index (χ3n) is 4.12. The first-order valence-electron chi connectivity index (χ1n) is 8.00. The van der Waals surface area contributed by atoms with Crippen molar-refractivity contribution in [3.05, 3.63) is 58.9 Å². The lowest BCUT2D eigenvalue weighted by atomic mass is 10.1. The summed E-state index contributed by atoms with van der Waals surface area (Å²) in [4.78, 5) is 25.4. The fourth-order valence-electron chi connectivity index (χ4n) is 2.52. The Morgan fingerprint density at radius 1 is 1.04 bits per heavy atom. The van der Waals surface area contributed by atoms with Crippen molar-refractivity contribution >= 4 is 23.2 Å². The first kappa shape index (κ1) is 19.5. The summed E-state index contributed by atoms with van der Waals surface area (Å²) in [5.74, 6) is -5.31. The van der Waals surface area contributed by atoms with Crippen LogP contribution in [0.3, 0.4) is 0 Å². The Kier molecular flexibility index (Phi) is 6.02. The van der Waals surface area contributed by atoms with Gasteiger partial charge in [-0.2, -0.15) is 0 Å². The molecule has 0 aromatic heterocycles. The fourth-order valence-corrected chi connectivity index (χ4v) is 2.52. The zero-order valence-corrected chi connectivity index (χ0v) is 14.7. The third kappa shape index (κ3) is 4.22. The summed E-state index contributed by atoms with van der Waals surface area (Å²) in [5, 5.41) is 2.19. The normalized spacial score (nSPS) is 10.5. The molecule has 2 aromatic rings. The van der Waals surface area contributed by atoms with Crippen LogP contribution in [0.2, 0.25) is 0 Å². The second-order valence-corrected chi connectivity index (χ2v) is 5.91. The van der Waals surface area contributed by atoms with Crippen LogP contribution in [0.4, 0.5) is 24.5 Å². The van der Waals surface area contributed by atoms with E-state index < -0.39 is 29.0 Å². The zero-order valence-electron chi connectivity index (χ0n) is 14.7. The molecule has 0 fully saturated rings. The molecule has 0 atom stereocenters. The molecule has 0 aliphatic rings. The fraction of sp³-hybridized carbons (Fsp3) is 0.263. The van der Waals surface area contributed by atoms with Crippen LogP contribution in [0.5, 0.6) is 0 Å². The van der Waals surface area contributed by atoms with Crippen LogP contribution in [0, 0.1) is 31.3 Å². The molecule has 1 N–H and O–H groups in total. The van der Waals surface area contributed by atoms with Crippen molar-refractivity contribution in [2.75, 3.05) is 16.8 Å². The molecule has 0 unspecified atom stereocenters. The smallest absolute Gasteiger partial charge is 0.226 e. The molecule has 0 spiro atoms. The standard InChI is InChI=1S/C19H19F3N2O2/c1-11-5-4-6-16(12(11)2)24(13(3)25)10-9-17(26)23-15-8-7-14(20)18(21)19(15)22/h4-8H,9-10H2,1-3H3,(H,23,26). The van der Waals surface area contributed by atoms with Gasteiger partial charge in [-0.3, -0.25) is 9.59 Å². The molecule has 0 radical (unpaired) electrons. The van der Waals surface area contributed by atoms with Crippen LogP contribution in [-0.2, 0) is 9.59 Å². The van der Waals surface area contributed by atoms with Crippen LogP contribution in [0.1, 0.15) is 24.5 Å². The van der Waals surface area contributed by atoms with Crippen LogP contribution >= 0.6 is 0 Å². The number of carbonyl (C=O) groups excluding carboxylic acids is 2. The van der Waals surface area contributed by atoms with Gasteiger partial charge in [-0.15, -0.1) is 0 Å². The Bertz CT molecular complexity index is 853. The highest BCUT2D eigenvalue weighted by molar-refractivity contribution is 5.95. The number of benzene rings is 2. The van der Waals surface area contributed by atoms with Crippen LogP contribution in [0.15, 0.2) is 30.3 Å². The molecular formula is C19H19F3N2O2. The van der Waals surface area contributed by atoms with Crippen molar-refractivity contribution in [2.45, 2.75) is 27.2 Å². The topological polar surface area (TPSA) is 49.4 Å². The summed E-state index contributed by atoms with van der Waals surface area (Å²) in [6.45, 7) is 5.23. The van der Waals surface area contributed by atoms with Crippen molar-refractivity contribution < 1.29 is 22.8 Å². The molecule has 2 aromatic carbocycles. The molecule has 4 nitrogen and oxygen atoms in total. The Balaban J connectivity index is 2.10.